The Bertz CT molecular complexity index is 3840. The molecule has 13 heteroatoms. The maximum Gasteiger partial charge on any atom is 0.342 e. The summed E-state index contributed by atoms with van der Waals surface area (Å²) in [5.41, 5.74) is 10.3. The van der Waals surface area contributed by atoms with Crippen molar-refractivity contribution in [3.8, 4) is 45.3 Å². The van der Waals surface area contributed by atoms with Gasteiger partial charge in [-0.15, -0.1) is 11.1 Å². The summed E-state index contributed by atoms with van der Waals surface area (Å²) in [5.74, 6) is 2.25. The quantitative estimate of drug-likeness (QED) is 0.0325. The number of rotatable bonds is 25. The minimum atomic E-state index is -1.91. The monoisotopic (exact) mass is 1540 g/mol. The molecule has 95 heavy (non-hydrogen) atoms. The van der Waals surface area contributed by atoms with Gasteiger partial charge in [-0.3, -0.25) is 9.80 Å². The summed E-state index contributed by atoms with van der Waals surface area (Å²) in [6.07, 6.45) is 26.3. The molecule has 12 rings (SSSR count). The van der Waals surface area contributed by atoms with E-state index in [4.69, 9.17) is 18.3 Å². The van der Waals surface area contributed by atoms with Crippen molar-refractivity contribution in [2.45, 2.75) is 190 Å². The average molecular weight is 1540 g/mol. The number of fused-ring (bicyclic) bond motifs is 2. The molecule has 4 aliphatic rings. The van der Waals surface area contributed by atoms with Gasteiger partial charge >= 0.3 is 131 Å². The zero-order chi connectivity index (χ0) is 64.4. The minimum absolute atomic E-state index is 0. The van der Waals surface area contributed by atoms with Crippen LogP contribution in [0.25, 0.3) is 44.2 Å². The molecule has 2 saturated heterocycles. The van der Waals surface area contributed by atoms with E-state index in [-0.39, 0.29) is 95.9 Å². The van der Waals surface area contributed by atoms with Crippen LogP contribution in [0.5, 0.6) is 23.0 Å². The summed E-state index contributed by atoms with van der Waals surface area (Å²) in [5, 5.41) is 22.8. The predicted octanol–water partition coefficient (Wildman–Crippen LogP) is 19.8. The second kappa shape index (κ2) is 38.8. The fraction of sp³-hybridized carbons (Fsp3) is 0.463. The van der Waals surface area contributed by atoms with Crippen molar-refractivity contribution in [2.24, 2.45) is 0 Å². The number of nitrogens with zero attached hydrogens (tertiary/aromatic N) is 2. The molecule has 0 unspecified atom stereocenters. The van der Waals surface area contributed by atoms with Crippen LogP contribution in [0.1, 0.15) is 188 Å². The summed E-state index contributed by atoms with van der Waals surface area (Å²) >= 11 is -1.91. The molecular formula is C82H104N2O8SnY2-2. The number of aromatic hydroxyl groups is 2. The molecule has 2 N–H and O–H groups in total. The number of phenols is 2. The Kier molecular flexibility index (Phi) is 31.9. The maximum atomic E-state index is 13.7. The Morgan fingerprint density at radius 1 is 0.558 bits per heavy atom. The largest absolute Gasteiger partial charge is 0.508 e. The third kappa shape index (κ3) is 20.2. The van der Waals surface area contributed by atoms with Crippen molar-refractivity contribution >= 4 is 40.3 Å². The fourth-order valence-electron chi connectivity index (χ4n) is 14.9. The van der Waals surface area contributed by atoms with Crippen molar-refractivity contribution in [2.75, 3.05) is 52.5 Å². The number of allylic oxidation sites excluding steroid dienone is 2. The Balaban J connectivity index is 0.000000211. The summed E-state index contributed by atoms with van der Waals surface area (Å²) in [6.45, 7) is 20.8. The molecule has 6 aromatic carbocycles. The molecule has 1 saturated carbocycles. The molecule has 10 nitrogen and oxygen atoms in total. The number of unbranched alkanes of at least 4 members (excludes halogenated alkanes) is 3. The van der Waals surface area contributed by atoms with Gasteiger partial charge in [0, 0.05) is 112 Å². The van der Waals surface area contributed by atoms with Crippen molar-refractivity contribution in [3.05, 3.63) is 196 Å². The van der Waals surface area contributed by atoms with Crippen LogP contribution < -0.4 is 20.7 Å². The van der Waals surface area contributed by atoms with E-state index < -0.39 is 24.0 Å². The Morgan fingerprint density at radius 2 is 1.00 bits per heavy atom. The van der Waals surface area contributed by atoms with Crippen molar-refractivity contribution in [1.82, 2.24) is 9.80 Å². The number of ether oxygens (including phenoxy) is 2. The van der Waals surface area contributed by atoms with Crippen LogP contribution in [0.3, 0.4) is 0 Å². The minimum Gasteiger partial charge on any atom is -0.508 e. The average Bonchev–Trinajstić information content (AvgIpc) is 1.03. The standard InChI is InChI=1S/C34H36NO4.C30H30NO4.C5H7.3C4H9.CH4.Sn.2Y/c1-23-8-2-5-11-27(23)32-29(22-24-12-14-26(15-13-24)38-21-20-35-18-6-7-19-35)28-16-17-30(36)31(25-9-3-4-10-25)33(28)39-34(32)37;1-20-7-3-4-8-24(20)28-26(25-13-14-27(32)21(2)29(25)35-30(28)33)19-22-9-11-23(12-10-22)34-18-17-31-15-5-6-16-31;1-2-4-5-3-1;3*1-3-4-2;;;;/h5,8,11-17,25,36H,3-4,6-7,9-10,18-22H2,1H3;4,7-14,32H,5-6,15-19H2,1-2H3;1H,2,4-5H2;3*1,3-4H2,2H3;1H4;;;/q2*-1;;;;;;;;. The van der Waals surface area contributed by atoms with E-state index in [1.807, 2.05) is 98.8 Å². The van der Waals surface area contributed by atoms with Gasteiger partial charge in [0.25, 0.3) is 0 Å². The van der Waals surface area contributed by atoms with Crippen LogP contribution in [0.4, 0.5) is 0 Å². The van der Waals surface area contributed by atoms with E-state index in [0.29, 0.717) is 53.9 Å². The van der Waals surface area contributed by atoms with Crippen LogP contribution in [-0.2, 0) is 78.3 Å². The number of likely N-dealkylation sites (tertiary alicyclic amines) is 2. The first kappa shape index (κ1) is 78.0. The number of hydrogen-bond donors (Lipinski definition) is 2. The number of benzene rings is 6. The summed E-state index contributed by atoms with van der Waals surface area (Å²) in [7, 11) is 0. The van der Waals surface area contributed by atoms with Gasteiger partial charge in [-0.25, -0.2) is 9.59 Å². The molecule has 0 bridgehead atoms. The topological polar surface area (TPSA) is 126 Å². The molecule has 2 radical (unpaired) electrons. The number of aryl methyl sites for hydroxylation is 3. The first-order valence-corrected chi connectivity index (χ1v) is 42.5. The smallest absolute Gasteiger partial charge is 0.342 e. The van der Waals surface area contributed by atoms with Crippen LogP contribution in [0, 0.1) is 32.9 Å². The molecular weight excluding hydrogens is 1440 g/mol. The fourth-order valence-corrected chi connectivity index (χ4v) is 32.2. The van der Waals surface area contributed by atoms with Gasteiger partial charge in [-0.1, -0.05) is 58.4 Å². The number of hydrogen-bond acceptors (Lipinski definition) is 10. The van der Waals surface area contributed by atoms with Crippen LogP contribution in [0.15, 0.2) is 137 Å². The number of phenolic OH excluding ortho intramolecular Hbond substituents is 2. The van der Waals surface area contributed by atoms with Gasteiger partial charge in [0.15, 0.2) is 0 Å². The molecule has 502 valence electrons. The van der Waals surface area contributed by atoms with Crippen molar-refractivity contribution < 1.29 is 93.9 Å². The Labute approximate surface area is 622 Å². The molecule has 8 aromatic rings. The van der Waals surface area contributed by atoms with Gasteiger partial charge in [0.1, 0.15) is 47.4 Å². The maximum absolute atomic E-state index is 13.7. The van der Waals surface area contributed by atoms with E-state index in [2.05, 4.69) is 64.5 Å². The molecule has 0 spiro atoms. The van der Waals surface area contributed by atoms with Gasteiger partial charge in [-0.2, -0.15) is 59.7 Å². The normalized spacial score (nSPS) is 14.9. The van der Waals surface area contributed by atoms with Gasteiger partial charge in [-0.05, 0) is 161 Å². The zero-order valence-electron chi connectivity index (χ0n) is 57.2. The molecule has 2 aliphatic heterocycles. The van der Waals surface area contributed by atoms with Crippen molar-refractivity contribution in [1.29, 1.82) is 0 Å². The summed E-state index contributed by atoms with van der Waals surface area (Å²) in [6, 6.07) is 40.9. The van der Waals surface area contributed by atoms with E-state index in [9.17, 15) is 19.8 Å². The molecule has 2 aromatic heterocycles. The SMILES string of the molecule is C.CCC[CH2][Sn]([CH2]CCC)([CH2]CCC)[C]1=CCCC1.Cc1c[c-]ccc1-c1c(Cc2ccc(OCCN3CCCC3)cc2)c2ccc(O)c(C)c2oc1=O.Cc1c[c-]ccc1-c1c(Cc2ccc(OCCN3CCCC3)cc2)c2ccc(O)c(C3CCCC3)c2oc1=O.[Y].[Y]. The van der Waals surface area contributed by atoms with Crippen LogP contribution in [-0.4, -0.2) is 90.9 Å². The first-order chi connectivity index (χ1) is 44.9. The van der Waals surface area contributed by atoms with Gasteiger partial charge in [0.05, 0.1) is 0 Å². The molecule has 0 amide bonds. The summed E-state index contributed by atoms with van der Waals surface area (Å²) in [4.78, 5) is 31.8. The molecule has 2 aliphatic carbocycles. The zero-order valence-corrected chi connectivity index (χ0v) is 65.7. The molecule has 3 fully saturated rings. The van der Waals surface area contributed by atoms with E-state index >= 15 is 0 Å². The molecule has 4 heterocycles. The third-order valence-electron chi connectivity index (χ3n) is 20.2. The third-order valence-corrected chi connectivity index (χ3v) is 36.6. The van der Waals surface area contributed by atoms with E-state index in [1.165, 1.54) is 110 Å². The second-order valence-electron chi connectivity index (χ2n) is 26.6. The Hall–Kier alpha value is -4.39. The van der Waals surface area contributed by atoms with Gasteiger partial charge in [0.2, 0.25) is 0 Å². The first-order valence-electron chi connectivity index (χ1n) is 35.0. The Morgan fingerprint density at radius 3 is 1.43 bits per heavy atom. The second-order valence-corrected chi connectivity index (χ2v) is 40.0. The van der Waals surface area contributed by atoms with Gasteiger partial charge < -0.3 is 28.5 Å². The van der Waals surface area contributed by atoms with E-state index in [0.717, 1.165) is 111 Å². The van der Waals surface area contributed by atoms with Crippen molar-refractivity contribution in [3.63, 3.8) is 0 Å². The van der Waals surface area contributed by atoms with Crippen LogP contribution in [0.2, 0.25) is 13.3 Å². The summed E-state index contributed by atoms with van der Waals surface area (Å²) < 4.78 is 30.8. The van der Waals surface area contributed by atoms with E-state index in [1.54, 1.807) is 32.4 Å². The van der Waals surface area contributed by atoms with Crippen LogP contribution >= 0.6 is 0 Å². The predicted molar refractivity (Wildman–Crippen MR) is 387 cm³/mol. The molecule has 0 atom stereocenters.